The van der Waals surface area contributed by atoms with E-state index in [2.05, 4.69) is 0 Å². The van der Waals surface area contributed by atoms with E-state index in [1.54, 1.807) is 0 Å². The number of rotatable bonds is 5. The van der Waals surface area contributed by atoms with Crippen molar-refractivity contribution in [2.45, 2.75) is 51.6 Å². The summed E-state index contributed by atoms with van der Waals surface area (Å²) in [6.45, 7) is 6.31. The first-order valence-electron chi connectivity index (χ1n) is 6.63. The molecule has 1 heterocycles. The van der Waals surface area contributed by atoms with Gasteiger partial charge >= 0.3 is 0 Å². The third-order valence-corrected chi connectivity index (χ3v) is 3.71. The highest BCUT2D eigenvalue weighted by Gasteiger charge is 2.46. The van der Waals surface area contributed by atoms with E-state index in [4.69, 9.17) is 4.74 Å². The zero-order chi connectivity index (χ0) is 12.5. The molecule has 1 aliphatic carbocycles. The van der Waals surface area contributed by atoms with Crippen LogP contribution in [0.4, 0.5) is 8.78 Å². The third-order valence-electron chi connectivity index (χ3n) is 3.71. The Labute approximate surface area is 102 Å². The zero-order valence-corrected chi connectivity index (χ0v) is 10.8. The maximum absolute atomic E-state index is 13.3. The van der Waals surface area contributed by atoms with Gasteiger partial charge in [-0.3, -0.25) is 4.90 Å². The van der Waals surface area contributed by atoms with Crippen molar-refractivity contribution < 1.29 is 13.5 Å². The molecule has 0 atom stereocenters. The average molecular weight is 247 g/mol. The topological polar surface area (TPSA) is 12.5 Å². The van der Waals surface area contributed by atoms with E-state index in [0.29, 0.717) is 6.42 Å². The number of hydrogen-bond acceptors (Lipinski definition) is 2. The van der Waals surface area contributed by atoms with Crippen molar-refractivity contribution in [3.05, 3.63) is 0 Å². The predicted octanol–water partition coefficient (Wildman–Crippen LogP) is 2.92. The van der Waals surface area contributed by atoms with Gasteiger partial charge in [-0.2, -0.15) is 0 Å². The van der Waals surface area contributed by atoms with Crippen LogP contribution in [0.3, 0.4) is 0 Å². The van der Waals surface area contributed by atoms with E-state index < -0.39 is 5.92 Å². The van der Waals surface area contributed by atoms with E-state index in [-0.39, 0.29) is 24.5 Å². The van der Waals surface area contributed by atoms with E-state index in [9.17, 15) is 8.78 Å². The summed E-state index contributed by atoms with van der Waals surface area (Å²) < 4.78 is 32.2. The summed E-state index contributed by atoms with van der Waals surface area (Å²) in [6.07, 6.45) is 3.16. The maximum Gasteiger partial charge on any atom is 0.260 e. The molecular weight excluding hydrogens is 224 g/mol. The van der Waals surface area contributed by atoms with Crippen LogP contribution >= 0.6 is 0 Å². The van der Waals surface area contributed by atoms with Gasteiger partial charge in [-0.1, -0.05) is 0 Å². The van der Waals surface area contributed by atoms with E-state index in [1.165, 1.54) is 0 Å². The molecule has 1 saturated heterocycles. The lowest BCUT2D eigenvalue weighted by Crippen LogP contribution is -2.45. The highest BCUT2D eigenvalue weighted by molar-refractivity contribution is 4.97. The highest BCUT2D eigenvalue weighted by Crippen LogP contribution is 2.47. The summed E-state index contributed by atoms with van der Waals surface area (Å²) in [5.41, 5.74) is 0.178. The Morgan fingerprint density at radius 2 is 1.94 bits per heavy atom. The van der Waals surface area contributed by atoms with Crippen LogP contribution < -0.4 is 0 Å². The Bertz CT molecular complexity index is 264. The van der Waals surface area contributed by atoms with Crippen molar-refractivity contribution >= 4 is 0 Å². The highest BCUT2D eigenvalue weighted by atomic mass is 19.3. The minimum atomic E-state index is -2.48. The molecule has 2 nitrogen and oxygen atoms in total. The maximum atomic E-state index is 13.3. The van der Waals surface area contributed by atoms with Crippen LogP contribution in [-0.4, -0.2) is 43.2 Å². The second kappa shape index (κ2) is 4.81. The molecule has 17 heavy (non-hydrogen) atoms. The first kappa shape index (κ1) is 13.2. The van der Waals surface area contributed by atoms with Gasteiger partial charge in [0, 0.05) is 18.4 Å². The monoisotopic (exact) mass is 247 g/mol. The van der Waals surface area contributed by atoms with Crippen LogP contribution in [0.25, 0.3) is 0 Å². The average Bonchev–Trinajstić information content (AvgIpc) is 2.94. The largest absolute Gasteiger partial charge is 0.378 e. The van der Waals surface area contributed by atoms with Crippen LogP contribution in [0.1, 0.15) is 39.5 Å². The van der Waals surface area contributed by atoms with Gasteiger partial charge < -0.3 is 4.74 Å². The lowest BCUT2D eigenvalue weighted by atomic mass is 10.0. The minimum absolute atomic E-state index is 0.0546. The molecule has 0 bridgehead atoms. The summed E-state index contributed by atoms with van der Waals surface area (Å²) in [5, 5.41) is 0. The van der Waals surface area contributed by atoms with Gasteiger partial charge in [0.1, 0.15) is 0 Å². The number of alkyl halides is 2. The smallest absolute Gasteiger partial charge is 0.260 e. The van der Waals surface area contributed by atoms with E-state index >= 15 is 0 Å². The van der Waals surface area contributed by atoms with Crippen LogP contribution in [0.2, 0.25) is 0 Å². The molecule has 2 fully saturated rings. The quantitative estimate of drug-likeness (QED) is 0.740. The Morgan fingerprint density at radius 1 is 1.24 bits per heavy atom. The Balaban J connectivity index is 1.80. The summed E-state index contributed by atoms with van der Waals surface area (Å²) in [5.74, 6) is -2.48. The Kier molecular flexibility index (Phi) is 3.74. The zero-order valence-electron chi connectivity index (χ0n) is 10.8. The number of ether oxygens (including phenoxy) is 1. The first-order valence-corrected chi connectivity index (χ1v) is 6.63. The van der Waals surface area contributed by atoms with Crippen LogP contribution in [0, 0.1) is 5.41 Å². The van der Waals surface area contributed by atoms with Crippen LogP contribution in [-0.2, 0) is 4.74 Å². The SMILES string of the molecule is CC(C)OCC1(CN2CCCC(F)(F)C2)CC1. The second-order valence-electron chi connectivity index (χ2n) is 6.03. The van der Waals surface area contributed by atoms with Crippen molar-refractivity contribution in [3.8, 4) is 0 Å². The van der Waals surface area contributed by atoms with Crippen molar-refractivity contribution in [2.24, 2.45) is 5.41 Å². The van der Waals surface area contributed by atoms with Gasteiger partial charge in [0.05, 0.1) is 19.3 Å². The van der Waals surface area contributed by atoms with Gasteiger partial charge in [-0.15, -0.1) is 0 Å². The van der Waals surface area contributed by atoms with Gasteiger partial charge in [0.2, 0.25) is 0 Å². The molecule has 1 aliphatic heterocycles. The number of nitrogens with zero attached hydrogens (tertiary/aromatic N) is 1. The normalized spacial score (nSPS) is 27.4. The molecule has 0 aromatic heterocycles. The fourth-order valence-electron chi connectivity index (χ4n) is 2.52. The minimum Gasteiger partial charge on any atom is -0.378 e. The number of halogens is 2. The van der Waals surface area contributed by atoms with Crippen molar-refractivity contribution in [2.75, 3.05) is 26.2 Å². The van der Waals surface area contributed by atoms with E-state index in [1.807, 2.05) is 18.7 Å². The summed E-state index contributed by atoms with van der Waals surface area (Å²) >= 11 is 0. The van der Waals surface area contributed by atoms with E-state index in [0.717, 1.165) is 32.5 Å². The molecule has 0 spiro atoms. The lowest BCUT2D eigenvalue weighted by Gasteiger charge is -2.35. The van der Waals surface area contributed by atoms with Crippen molar-refractivity contribution in [1.82, 2.24) is 4.90 Å². The molecule has 0 aromatic carbocycles. The van der Waals surface area contributed by atoms with Crippen LogP contribution in [0.5, 0.6) is 0 Å². The molecule has 4 heteroatoms. The molecule has 0 N–H and O–H groups in total. The number of likely N-dealkylation sites (tertiary alicyclic amines) is 1. The van der Waals surface area contributed by atoms with Crippen molar-refractivity contribution in [1.29, 1.82) is 0 Å². The predicted molar refractivity (Wildman–Crippen MR) is 63.4 cm³/mol. The Morgan fingerprint density at radius 3 is 2.47 bits per heavy atom. The standard InChI is InChI=1S/C13H23F2NO/c1-11(2)17-10-12(5-6-12)8-16-7-3-4-13(14,15)9-16/h11H,3-10H2,1-2H3. The molecule has 0 unspecified atom stereocenters. The van der Waals surface area contributed by atoms with Gasteiger partial charge in [0.25, 0.3) is 5.92 Å². The first-order chi connectivity index (χ1) is 7.91. The number of piperidine rings is 1. The Hall–Kier alpha value is -0.220. The third kappa shape index (κ3) is 3.88. The van der Waals surface area contributed by atoms with Crippen molar-refractivity contribution in [3.63, 3.8) is 0 Å². The second-order valence-corrected chi connectivity index (χ2v) is 6.03. The summed E-state index contributed by atoms with van der Waals surface area (Å²) in [7, 11) is 0. The molecule has 1 saturated carbocycles. The van der Waals surface area contributed by atoms with Gasteiger partial charge in [-0.25, -0.2) is 8.78 Å². The van der Waals surface area contributed by atoms with Gasteiger partial charge in [-0.05, 0) is 39.7 Å². The molecule has 2 aliphatic rings. The lowest BCUT2D eigenvalue weighted by molar-refractivity contribution is -0.0726. The molecule has 0 aromatic rings. The van der Waals surface area contributed by atoms with Gasteiger partial charge in [0.15, 0.2) is 0 Å². The fourth-order valence-corrected chi connectivity index (χ4v) is 2.52. The molecule has 100 valence electrons. The van der Waals surface area contributed by atoms with Crippen LogP contribution in [0.15, 0.2) is 0 Å². The summed E-state index contributed by atoms with van der Waals surface area (Å²) in [4.78, 5) is 1.93. The molecule has 0 amide bonds. The molecule has 2 rings (SSSR count). The fraction of sp³-hybridized carbons (Fsp3) is 1.00. The summed E-state index contributed by atoms with van der Waals surface area (Å²) in [6, 6.07) is 0. The molecular formula is C13H23F2NO. The molecule has 0 radical (unpaired) electrons. The number of hydrogen-bond donors (Lipinski definition) is 0.